The SMILES string of the molecule is CC1CN(c2nnc(Cc3ccc(F)cc3)s2)CCS1(=O)=O. The maximum atomic E-state index is 12.9. The van der Waals surface area contributed by atoms with Gasteiger partial charge in [-0.25, -0.2) is 12.8 Å². The van der Waals surface area contributed by atoms with Crippen molar-refractivity contribution in [3.05, 3.63) is 40.7 Å². The zero-order chi connectivity index (χ0) is 15.7. The minimum Gasteiger partial charge on any atom is -0.344 e. The fourth-order valence-corrected chi connectivity index (χ4v) is 4.54. The summed E-state index contributed by atoms with van der Waals surface area (Å²) in [6.07, 6.45) is 0.597. The van der Waals surface area contributed by atoms with Crippen molar-refractivity contribution in [2.45, 2.75) is 18.6 Å². The lowest BCUT2D eigenvalue weighted by Gasteiger charge is -2.30. The fourth-order valence-electron chi connectivity index (χ4n) is 2.35. The van der Waals surface area contributed by atoms with Gasteiger partial charge in [-0.15, -0.1) is 10.2 Å². The van der Waals surface area contributed by atoms with E-state index < -0.39 is 9.84 Å². The third-order valence-corrected chi connectivity index (χ3v) is 6.84. The summed E-state index contributed by atoms with van der Waals surface area (Å²) in [6.45, 7) is 2.63. The van der Waals surface area contributed by atoms with Crippen LogP contribution in [0.5, 0.6) is 0 Å². The molecule has 118 valence electrons. The van der Waals surface area contributed by atoms with Gasteiger partial charge in [-0.05, 0) is 24.6 Å². The molecule has 2 aromatic rings. The van der Waals surface area contributed by atoms with Gasteiger partial charge in [0.25, 0.3) is 0 Å². The molecular formula is C14H16FN3O2S2. The Morgan fingerprint density at radius 2 is 2.05 bits per heavy atom. The molecule has 0 amide bonds. The minimum absolute atomic E-state index is 0.154. The normalized spacial score (nSPS) is 21.0. The van der Waals surface area contributed by atoms with E-state index in [1.54, 1.807) is 19.1 Å². The monoisotopic (exact) mass is 341 g/mol. The van der Waals surface area contributed by atoms with E-state index in [1.165, 1.54) is 23.5 Å². The van der Waals surface area contributed by atoms with Gasteiger partial charge in [-0.1, -0.05) is 23.5 Å². The molecule has 2 heterocycles. The number of nitrogens with zero attached hydrogens (tertiary/aromatic N) is 3. The van der Waals surface area contributed by atoms with Crippen molar-refractivity contribution in [2.75, 3.05) is 23.7 Å². The van der Waals surface area contributed by atoms with Gasteiger partial charge >= 0.3 is 0 Å². The van der Waals surface area contributed by atoms with Gasteiger partial charge in [-0.3, -0.25) is 0 Å². The van der Waals surface area contributed by atoms with Crippen LogP contribution < -0.4 is 4.90 Å². The fraction of sp³-hybridized carbons (Fsp3) is 0.429. The summed E-state index contributed by atoms with van der Waals surface area (Å²) in [4.78, 5) is 1.97. The Labute approximate surface area is 132 Å². The molecule has 1 aromatic carbocycles. The van der Waals surface area contributed by atoms with Crippen molar-refractivity contribution < 1.29 is 12.8 Å². The third-order valence-electron chi connectivity index (χ3n) is 3.73. The van der Waals surface area contributed by atoms with Crippen LogP contribution in [-0.4, -0.2) is 42.7 Å². The first-order valence-electron chi connectivity index (χ1n) is 6.97. The highest BCUT2D eigenvalue weighted by molar-refractivity contribution is 7.92. The van der Waals surface area contributed by atoms with Crippen molar-refractivity contribution in [3.8, 4) is 0 Å². The molecule has 1 aliphatic rings. The van der Waals surface area contributed by atoms with E-state index in [0.717, 1.165) is 15.7 Å². The second-order valence-corrected chi connectivity index (χ2v) is 8.98. The van der Waals surface area contributed by atoms with Crippen LogP contribution in [-0.2, 0) is 16.3 Å². The first kappa shape index (κ1) is 15.4. The van der Waals surface area contributed by atoms with Crippen LogP contribution in [0.4, 0.5) is 9.52 Å². The first-order chi connectivity index (χ1) is 10.4. The first-order valence-corrected chi connectivity index (χ1v) is 9.50. The predicted molar refractivity (Wildman–Crippen MR) is 84.6 cm³/mol. The maximum Gasteiger partial charge on any atom is 0.208 e. The predicted octanol–water partition coefficient (Wildman–Crippen LogP) is 1.89. The van der Waals surface area contributed by atoms with Crippen molar-refractivity contribution in [1.82, 2.24) is 10.2 Å². The van der Waals surface area contributed by atoms with Crippen molar-refractivity contribution in [2.24, 2.45) is 0 Å². The van der Waals surface area contributed by atoms with Crippen LogP contribution in [0.25, 0.3) is 0 Å². The van der Waals surface area contributed by atoms with E-state index in [2.05, 4.69) is 10.2 Å². The van der Waals surface area contributed by atoms with Gasteiger partial charge in [0.05, 0.1) is 11.0 Å². The summed E-state index contributed by atoms with van der Waals surface area (Å²) in [5, 5.41) is 9.52. The lowest BCUT2D eigenvalue weighted by atomic mass is 10.2. The second kappa shape index (κ2) is 5.92. The molecule has 22 heavy (non-hydrogen) atoms. The van der Waals surface area contributed by atoms with Crippen LogP contribution in [0.1, 0.15) is 17.5 Å². The summed E-state index contributed by atoms with van der Waals surface area (Å²) in [5.74, 6) is -0.105. The van der Waals surface area contributed by atoms with Crippen molar-refractivity contribution >= 4 is 26.3 Å². The number of sulfone groups is 1. The molecule has 1 atom stereocenters. The van der Waals surface area contributed by atoms with Crippen molar-refractivity contribution in [1.29, 1.82) is 0 Å². The Balaban J connectivity index is 1.70. The van der Waals surface area contributed by atoms with E-state index in [4.69, 9.17) is 0 Å². The highest BCUT2D eigenvalue weighted by atomic mass is 32.2. The average molecular weight is 341 g/mol. The molecule has 5 nitrogen and oxygen atoms in total. The molecule has 1 aliphatic heterocycles. The maximum absolute atomic E-state index is 12.9. The van der Waals surface area contributed by atoms with Gasteiger partial charge in [0.2, 0.25) is 5.13 Å². The van der Waals surface area contributed by atoms with Crippen molar-refractivity contribution in [3.63, 3.8) is 0 Å². The highest BCUT2D eigenvalue weighted by Gasteiger charge is 2.30. The molecule has 1 aromatic heterocycles. The molecule has 0 spiro atoms. The highest BCUT2D eigenvalue weighted by Crippen LogP contribution is 2.25. The van der Waals surface area contributed by atoms with E-state index in [1.807, 2.05) is 4.90 Å². The zero-order valence-corrected chi connectivity index (χ0v) is 13.7. The Morgan fingerprint density at radius 1 is 1.32 bits per heavy atom. The smallest absolute Gasteiger partial charge is 0.208 e. The van der Waals surface area contributed by atoms with Gasteiger partial charge < -0.3 is 4.90 Å². The number of halogens is 1. The largest absolute Gasteiger partial charge is 0.344 e. The molecule has 0 bridgehead atoms. The number of benzene rings is 1. The van der Waals surface area contributed by atoms with E-state index in [-0.39, 0.29) is 16.8 Å². The number of aromatic nitrogens is 2. The van der Waals surface area contributed by atoms with Crippen LogP contribution in [0.2, 0.25) is 0 Å². The van der Waals surface area contributed by atoms with E-state index in [9.17, 15) is 12.8 Å². The molecule has 8 heteroatoms. The average Bonchev–Trinajstić information content (AvgIpc) is 2.93. The van der Waals surface area contributed by atoms with E-state index in [0.29, 0.717) is 19.5 Å². The number of anilines is 1. The van der Waals surface area contributed by atoms with Crippen LogP contribution in [0, 0.1) is 5.82 Å². The number of hydrogen-bond acceptors (Lipinski definition) is 6. The molecule has 1 fully saturated rings. The van der Waals surface area contributed by atoms with Gasteiger partial charge in [0.15, 0.2) is 9.84 Å². The summed E-state index contributed by atoms with van der Waals surface area (Å²) in [6, 6.07) is 6.31. The summed E-state index contributed by atoms with van der Waals surface area (Å²) in [5.41, 5.74) is 0.971. The molecule has 0 N–H and O–H groups in total. The van der Waals surface area contributed by atoms with Crippen LogP contribution >= 0.6 is 11.3 Å². The molecule has 0 saturated carbocycles. The Hall–Kier alpha value is -1.54. The summed E-state index contributed by atoms with van der Waals surface area (Å²) >= 11 is 1.46. The van der Waals surface area contributed by atoms with Gasteiger partial charge in [-0.2, -0.15) is 0 Å². The van der Waals surface area contributed by atoms with Crippen LogP contribution in [0.15, 0.2) is 24.3 Å². The molecule has 1 unspecified atom stereocenters. The molecular weight excluding hydrogens is 325 g/mol. The molecule has 1 saturated heterocycles. The quantitative estimate of drug-likeness (QED) is 0.853. The summed E-state index contributed by atoms with van der Waals surface area (Å²) < 4.78 is 36.4. The lowest BCUT2D eigenvalue weighted by Crippen LogP contribution is -2.45. The molecule has 0 aliphatic carbocycles. The number of hydrogen-bond donors (Lipinski definition) is 0. The van der Waals surface area contributed by atoms with E-state index >= 15 is 0 Å². The Morgan fingerprint density at radius 3 is 2.73 bits per heavy atom. The molecule has 3 rings (SSSR count). The molecule has 0 radical (unpaired) electrons. The Kier molecular flexibility index (Phi) is 4.14. The minimum atomic E-state index is -2.97. The van der Waals surface area contributed by atoms with Crippen LogP contribution in [0.3, 0.4) is 0 Å². The third kappa shape index (κ3) is 3.27. The van der Waals surface area contributed by atoms with Gasteiger partial charge in [0.1, 0.15) is 10.8 Å². The second-order valence-electron chi connectivity index (χ2n) is 5.41. The topological polar surface area (TPSA) is 63.2 Å². The lowest BCUT2D eigenvalue weighted by molar-refractivity contribution is 0.569. The van der Waals surface area contributed by atoms with Gasteiger partial charge in [0, 0.05) is 19.5 Å². The Bertz CT molecular complexity index is 759. The standard InChI is InChI=1S/C14H16FN3O2S2/c1-10-9-18(6-7-22(10,19)20)14-17-16-13(21-14)8-11-2-4-12(15)5-3-11/h2-5,10H,6-9H2,1H3. The zero-order valence-electron chi connectivity index (χ0n) is 12.1. The number of rotatable bonds is 3. The summed E-state index contributed by atoms with van der Waals surface area (Å²) in [7, 11) is -2.97.